The summed E-state index contributed by atoms with van der Waals surface area (Å²) < 4.78 is 9.42. The highest BCUT2D eigenvalue weighted by Gasteiger charge is 2.24. The number of ether oxygens (including phenoxy) is 2. The summed E-state index contributed by atoms with van der Waals surface area (Å²) in [6.45, 7) is 0.918. The molecule has 0 spiro atoms. The summed E-state index contributed by atoms with van der Waals surface area (Å²) in [5.41, 5.74) is 5.45. The quantitative estimate of drug-likeness (QED) is 0.458. The molecule has 15 heavy (non-hydrogen) atoms. The highest BCUT2D eigenvalue weighted by molar-refractivity contribution is 5.96. The van der Waals surface area contributed by atoms with Crippen molar-refractivity contribution in [1.29, 1.82) is 0 Å². The second-order valence-corrected chi connectivity index (χ2v) is 3.07. The summed E-state index contributed by atoms with van der Waals surface area (Å²) in [6.07, 6.45) is 1.45. The van der Waals surface area contributed by atoms with Crippen molar-refractivity contribution in [2.75, 3.05) is 20.2 Å². The molecule has 3 N–H and O–H groups in total. The minimum atomic E-state index is -0.591. The Morgan fingerprint density at radius 1 is 1.80 bits per heavy atom. The predicted molar refractivity (Wildman–Crippen MR) is 51.7 cm³/mol. The van der Waals surface area contributed by atoms with Crippen LogP contribution in [0.2, 0.25) is 0 Å². The van der Waals surface area contributed by atoms with E-state index in [-0.39, 0.29) is 11.8 Å². The van der Waals surface area contributed by atoms with Gasteiger partial charge >= 0.3 is 11.9 Å². The van der Waals surface area contributed by atoms with E-state index in [4.69, 9.17) is 10.5 Å². The molecule has 1 atom stereocenters. The van der Waals surface area contributed by atoms with E-state index in [1.807, 2.05) is 0 Å². The van der Waals surface area contributed by atoms with Gasteiger partial charge in [-0.25, -0.2) is 9.59 Å². The molecule has 1 fully saturated rings. The Morgan fingerprint density at radius 2 is 2.53 bits per heavy atom. The Labute approximate surface area is 87.4 Å². The van der Waals surface area contributed by atoms with Crippen molar-refractivity contribution < 1.29 is 19.1 Å². The zero-order chi connectivity index (χ0) is 11.3. The second-order valence-electron chi connectivity index (χ2n) is 3.07. The topological polar surface area (TPSA) is 90.7 Å². The number of nitrogens with one attached hydrogen (secondary N) is 1. The third-order valence-corrected chi connectivity index (χ3v) is 1.97. The number of carbonyl (C=O) groups is 2. The van der Waals surface area contributed by atoms with Gasteiger partial charge in [0.1, 0.15) is 11.8 Å². The summed E-state index contributed by atoms with van der Waals surface area (Å²) in [4.78, 5) is 22.2. The van der Waals surface area contributed by atoms with E-state index in [2.05, 4.69) is 10.1 Å². The lowest BCUT2D eigenvalue weighted by Gasteiger charge is -2.24. The van der Waals surface area contributed by atoms with Crippen molar-refractivity contribution in [3.8, 4) is 0 Å². The van der Waals surface area contributed by atoms with Gasteiger partial charge < -0.3 is 20.5 Å². The fourth-order valence-electron chi connectivity index (χ4n) is 1.19. The highest BCUT2D eigenvalue weighted by Crippen LogP contribution is 2.08. The fraction of sp³-hybridized carbons (Fsp3) is 0.556. The van der Waals surface area contributed by atoms with Crippen LogP contribution in [0.4, 0.5) is 0 Å². The fourth-order valence-corrected chi connectivity index (χ4v) is 1.19. The van der Waals surface area contributed by atoms with E-state index >= 15 is 0 Å². The molecule has 0 aromatic rings. The van der Waals surface area contributed by atoms with Gasteiger partial charge in [0, 0.05) is 0 Å². The van der Waals surface area contributed by atoms with Gasteiger partial charge in [-0.1, -0.05) is 0 Å². The standard InChI is InChI=1S/C9H14N2O4/c1-14-8(12)4-7-9(13)15-6(2-3-10)5-11-7/h4,6,11H,2-3,5,10H2,1H3/b7-4-. The number of morpholine rings is 1. The molecule has 0 aliphatic carbocycles. The third-order valence-electron chi connectivity index (χ3n) is 1.97. The molecule has 0 saturated carbocycles. The highest BCUT2D eigenvalue weighted by atomic mass is 16.5. The van der Waals surface area contributed by atoms with E-state index < -0.39 is 11.9 Å². The van der Waals surface area contributed by atoms with E-state index in [1.54, 1.807) is 0 Å². The normalized spacial score (nSPS) is 23.2. The number of hydrogen-bond donors (Lipinski definition) is 2. The van der Waals surface area contributed by atoms with Crippen LogP contribution < -0.4 is 11.1 Å². The molecule has 1 aliphatic heterocycles. The molecule has 1 heterocycles. The maximum Gasteiger partial charge on any atom is 0.355 e. The van der Waals surface area contributed by atoms with Crippen molar-refractivity contribution in [2.45, 2.75) is 12.5 Å². The Balaban J connectivity index is 2.56. The zero-order valence-corrected chi connectivity index (χ0v) is 8.49. The molecule has 0 aromatic carbocycles. The van der Waals surface area contributed by atoms with E-state index in [0.29, 0.717) is 19.5 Å². The van der Waals surface area contributed by atoms with E-state index in [9.17, 15) is 9.59 Å². The molecule has 1 aliphatic rings. The summed E-state index contributed by atoms with van der Waals surface area (Å²) >= 11 is 0. The number of esters is 2. The van der Waals surface area contributed by atoms with Crippen LogP contribution >= 0.6 is 0 Å². The summed E-state index contributed by atoms with van der Waals surface area (Å²) in [6, 6.07) is 0. The maximum absolute atomic E-state index is 11.3. The molecule has 84 valence electrons. The molecule has 1 rings (SSSR count). The van der Waals surface area contributed by atoms with Gasteiger partial charge in [-0.15, -0.1) is 0 Å². The Kier molecular flexibility index (Phi) is 4.11. The van der Waals surface area contributed by atoms with Gasteiger partial charge in [-0.05, 0) is 13.0 Å². The van der Waals surface area contributed by atoms with Gasteiger partial charge in [0.05, 0.1) is 19.7 Å². The maximum atomic E-state index is 11.3. The van der Waals surface area contributed by atoms with Gasteiger partial charge in [0.25, 0.3) is 0 Å². The van der Waals surface area contributed by atoms with E-state index in [1.165, 1.54) is 7.11 Å². The molecule has 1 unspecified atom stereocenters. The van der Waals surface area contributed by atoms with Crippen molar-refractivity contribution in [3.05, 3.63) is 11.8 Å². The zero-order valence-electron chi connectivity index (χ0n) is 8.49. The lowest BCUT2D eigenvalue weighted by molar-refractivity contribution is -0.148. The first-order valence-corrected chi connectivity index (χ1v) is 4.62. The molecule has 0 amide bonds. The second kappa shape index (κ2) is 5.35. The van der Waals surface area contributed by atoms with Crippen molar-refractivity contribution in [2.24, 2.45) is 5.73 Å². The number of cyclic esters (lactones) is 1. The number of rotatable bonds is 3. The van der Waals surface area contributed by atoms with Gasteiger partial charge in [0.2, 0.25) is 0 Å². The molecule has 0 bridgehead atoms. The van der Waals surface area contributed by atoms with Crippen molar-refractivity contribution >= 4 is 11.9 Å². The van der Waals surface area contributed by atoms with Crippen LogP contribution in [0.25, 0.3) is 0 Å². The number of carbonyl (C=O) groups excluding carboxylic acids is 2. The average Bonchev–Trinajstić information content (AvgIpc) is 2.22. The SMILES string of the molecule is COC(=O)/C=C1\NCC(CCN)OC1=O. The first-order valence-electron chi connectivity index (χ1n) is 4.62. The van der Waals surface area contributed by atoms with Gasteiger partial charge in [-0.3, -0.25) is 0 Å². The Hall–Kier alpha value is -1.56. The number of nitrogens with two attached hydrogens (primary N) is 1. The molecule has 6 nitrogen and oxygen atoms in total. The molecular formula is C9H14N2O4. The Morgan fingerprint density at radius 3 is 3.07 bits per heavy atom. The lowest BCUT2D eigenvalue weighted by atomic mass is 10.2. The van der Waals surface area contributed by atoms with Crippen molar-refractivity contribution in [1.82, 2.24) is 5.32 Å². The molecule has 6 heteroatoms. The first kappa shape index (κ1) is 11.5. The monoisotopic (exact) mass is 214 g/mol. The molecular weight excluding hydrogens is 200 g/mol. The molecule has 0 aromatic heterocycles. The lowest BCUT2D eigenvalue weighted by Crippen LogP contribution is -2.41. The van der Waals surface area contributed by atoms with Gasteiger partial charge in [-0.2, -0.15) is 0 Å². The third kappa shape index (κ3) is 3.25. The predicted octanol–water partition coefficient (Wildman–Crippen LogP) is -1.09. The minimum absolute atomic E-state index is 0.120. The summed E-state index contributed by atoms with van der Waals surface area (Å²) in [5.74, 6) is -1.14. The van der Waals surface area contributed by atoms with Crippen LogP contribution in [0.5, 0.6) is 0 Å². The van der Waals surface area contributed by atoms with Crippen LogP contribution in [-0.2, 0) is 19.1 Å². The van der Waals surface area contributed by atoms with Crippen LogP contribution in [0, 0.1) is 0 Å². The van der Waals surface area contributed by atoms with Crippen LogP contribution in [-0.4, -0.2) is 38.2 Å². The largest absolute Gasteiger partial charge is 0.466 e. The smallest absolute Gasteiger partial charge is 0.355 e. The first-order chi connectivity index (χ1) is 7.17. The Bertz CT molecular complexity index is 288. The average molecular weight is 214 g/mol. The minimum Gasteiger partial charge on any atom is -0.466 e. The van der Waals surface area contributed by atoms with E-state index in [0.717, 1.165) is 6.08 Å². The van der Waals surface area contributed by atoms with Crippen molar-refractivity contribution in [3.63, 3.8) is 0 Å². The van der Waals surface area contributed by atoms with Crippen LogP contribution in [0.1, 0.15) is 6.42 Å². The summed E-state index contributed by atoms with van der Waals surface area (Å²) in [7, 11) is 1.24. The van der Waals surface area contributed by atoms with Crippen LogP contribution in [0.15, 0.2) is 11.8 Å². The number of methoxy groups -OCH3 is 1. The van der Waals surface area contributed by atoms with Gasteiger partial charge in [0.15, 0.2) is 0 Å². The molecule has 1 saturated heterocycles. The number of hydrogen-bond acceptors (Lipinski definition) is 6. The van der Waals surface area contributed by atoms with Crippen LogP contribution in [0.3, 0.4) is 0 Å². The summed E-state index contributed by atoms with van der Waals surface area (Å²) in [5, 5.41) is 2.80. The molecule has 0 radical (unpaired) electrons.